The van der Waals surface area contributed by atoms with Gasteiger partial charge in [-0.05, 0) is 42.5 Å². The van der Waals surface area contributed by atoms with Crippen LogP contribution in [0, 0.1) is 5.82 Å². The minimum Gasteiger partial charge on any atom is -0.495 e. The second kappa shape index (κ2) is 9.37. The van der Waals surface area contributed by atoms with Crippen molar-refractivity contribution in [2.45, 2.75) is 5.16 Å². The number of halogens is 2. The van der Waals surface area contributed by atoms with Gasteiger partial charge in [0.05, 0.1) is 17.9 Å². The second-order valence-electron chi connectivity index (χ2n) is 6.48. The standard InChI is InChI=1S/C20H16ClFN6O3S/c1-28-18(19-24-17(27-31-19)11-3-5-12(22)6-4-11)25-26-20(28)32-10-16(29)23-13-7-8-15(30-2)14(21)9-13/h3-9H,10H2,1-2H3,(H,23,29). The number of benzene rings is 2. The number of rotatable bonds is 7. The normalized spacial score (nSPS) is 10.9. The number of hydrogen-bond donors (Lipinski definition) is 1. The van der Waals surface area contributed by atoms with E-state index >= 15 is 0 Å². The minimum atomic E-state index is -0.355. The predicted molar refractivity (Wildman–Crippen MR) is 117 cm³/mol. The summed E-state index contributed by atoms with van der Waals surface area (Å²) in [7, 11) is 3.24. The van der Waals surface area contributed by atoms with Gasteiger partial charge in [0, 0.05) is 18.3 Å². The summed E-state index contributed by atoms with van der Waals surface area (Å²) in [5.41, 5.74) is 1.16. The van der Waals surface area contributed by atoms with Gasteiger partial charge in [0.1, 0.15) is 11.6 Å². The molecule has 0 atom stereocenters. The van der Waals surface area contributed by atoms with Crippen molar-refractivity contribution in [2.75, 3.05) is 18.2 Å². The number of anilines is 1. The molecule has 0 bridgehead atoms. The molecular formula is C20H16ClFN6O3S. The Balaban J connectivity index is 1.40. The summed E-state index contributed by atoms with van der Waals surface area (Å²) in [4.78, 5) is 16.6. The highest BCUT2D eigenvalue weighted by molar-refractivity contribution is 7.99. The zero-order valence-electron chi connectivity index (χ0n) is 16.9. The van der Waals surface area contributed by atoms with Crippen molar-refractivity contribution in [3.05, 3.63) is 53.3 Å². The summed E-state index contributed by atoms with van der Waals surface area (Å²) in [6.45, 7) is 0. The molecule has 4 aromatic rings. The van der Waals surface area contributed by atoms with E-state index in [-0.39, 0.29) is 23.4 Å². The molecule has 0 saturated heterocycles. The highest BCUT2D eigenvalue weighted by Gasteiger charge is 2.19. The molecule has 0 unspecified atom stereocenters. The van der Waals surface area contributed by atoms with E-state index in [1.54, 1.807) is 41.9 Å². The number of methoxy groups -OCH3 is 1. The first kappa shape index (κ1) is 21.8. The number of nitrogens with zero attached hydrogens (tertiary/aromatic N) is 5. The first-order valence-electron chi connectivity index (χ1n) is 9.20. The number of aromatic nitrogens is 5. The lowest BCUT2D eigenvalue weighted by atomic mass is 10.2. The van der Waals surface area contributed by atoms with Crippen LogP contribution in [0.1, 0.15) is 0 Å². The van der Waals surface area contributed by atoms with Crippen molar-refractivity contribution in [1.29, 1.82) is 0 Å². The first-order valence-corrected chi connectivity index (χ1v) is 10.6. The first-order chi connectivity index (χ1) is 15.4. The molecule has 4 rings (SSSR count). The van der Waals surface area contributed by atoms with Gasteiger partial charge in [-0.25, -0.2) is 4.39 Å². The largest absolute Gasteiger partial charge is 0.495 e. The summed E-state index contributed by atoms with van der Waals surface area (Å²) in [6.07, 6.45) is 0. The van der Waals surface area contributed by atoms with Crippen molar-refractivity contribution in [3.63, 3.8) is 0 Å². The molecule has 2 aromatic heterocycles. The van der Waals surface area contributed by atoms with E-state index < -0.39 is 0 Å². The van der Waals surface area contributed by atoms with Gasteiger partial charge in [-0.2, -0.15) is 4.98 Å². The number of thioether (sulfide) groups is 1. The number of ether oxygens (including phenoxy) is 1. The highest BCUT2D eigenvalue weighted by atomic mass is 35.5. The van der Waals surface area contributed by atoms with E-state index in [4.69, 9.17) is 20.9 Å². The molecule has 32 heavy (non-hydrogen) atoms. The Hall–Kier alpha value is -3.44. The average Bonchev–Trinajstić information content (AvgIpc) is 3.40. The average molecular weight is 475 g/mol. The molecule has 2 heterocycles. The van der Waals surface area contributed by atoms with Crippen LogP contribution >= 0.6 is 23.4 Å². The predicted octanol–water partition coefficient (Wildman–Crippen LogP) is 4.06. The Kier molecular flexibility index (Phi) is 6.37. The summed E-state index contributed by atoms with van der Waals surface area (Å²) in [6, 6.07) is 10.7. The monoisotopic (exact) mass is 474 g/mol. The van der Waals surface area contributed by atoms with Crippen molar-refractivity contribution in [1.82, 2.24) is 24.9 Å². The van der Waals surface area contributed by atoms with Crippen LogP contribution in [0.5, 0.6) is 5.75 Å². The molecule has 0 spiro atoms. The van der Waals surface area contributed by atoms with Gasteiger partial charge < -0.3 is 19.1 Å². The molecule has 0 fully saturated rings. The smallest absolute Gasteiger partial charge is 0.296 e. The van der Waals surface area contributed by atoms with Gasteiger partial charge in [0.25, 0.3) is 5.89 Å². The van der Waals surface area contributed by atoms with Gasteiger partial charge in [-0.1, -0.05) is 28.5 Å². The molecule has 0 aliphatic heterocycles. The van der Waals surface area contributed by atoms with Crippen molar-refractivity contribution < 1.29 is 18.4 Å². The van der Waals surface area contributed by atoms with Gasteiger partial charge >= 0.3 is 0 Å². The van der Waals surface area contributed by atoms with E-state index in [1.807, 2.05) is 0 Å². The maximum atomic E-state index is 13.1. The third-order valence-corrected chi connectivity index (χ3v) is 5.64. The molecule has 0 saturated carbocycles. The molecule has 0 radical (unpaired) electrons. The lowest BCUT2D eigenvalue weighted by Crippen LogP contribution is -2.14. The van der Waals surface area contributed by atoms with Crippen molar-refractivity contribution in [3.8, 4) is 28.9 Å². The van der Waals surface area contributed by atoms with E-state index in [9.17, 15) is 9.18 Å². The third-order valence-electron chi connectivity index (χ3n) is 4.32. The van der Waals surface area contributed by atoms with Crippen LogP contribution in [0.2, 0.25) is 5.02 Å². The molecule has 2 aromatic carbocycles. The molecular weight excluding hydrogens is 459 g/mol. The summed E-state index contributed by atoms with van der Waals surface area (Å²) in [5.74, 6) is 0.826. The Bertz CT molecular complexity index is 1260. The van der Waals surface area contributed by atoms with Gasteiger partial charge in [0.2, 0.25) is 17.6 Å². The van der Waals surface area contributed by atoms with Gasteiger partial charge in [0.15, 0.2) is 5.16 Å². The molecule has 1 N–H and O–H groups in total. The fourth-order valence-corrected chi connectivity index (χ4v) is 3.70. The maximum Gasteiger partial charge on any atom is 0.296 e. The van der Waals surface area contributed by atoms with Crippen LogP contribution in [0.25, 0.3) is 23.1 Å². The zero-order valence-corrected chi connectivity index (χ0v) is 18.4. The number of carbonyl (C=O) groups excluding carboxylic acids is 1. The van der Waals surface area contributed by atoms with E-state index in [2.05, 4.69) is 25.7 Å². The SMILES string of the molecule is COc1ccc(NC(=O)CSc2nnc(-c3nc(-c4ccc(F)cc4)no3)n2C)cc1Cl. The molecule has 1 amide bonds. The fourth-order valence-electron chi connectivity index (χ4n) is 2.73. The van der Waals surface area contributed by atoms with Crippen molar-refractivity contribution >= 4 is 35.0 Å². The highest BCUT2D eigenvalue weighted by Crippen LogP contribution is 2.28. The third kappa shape index (κ3) is 4.73. The number of carbonyl (C=O) groups is 1. The summed E-state index contributed by atoms with van der Waals surface area (Å²) >= 11 is 7.27. The molecule has 9 nitrogen and oxygen atoms in total. The Morgan fingerprint density at radius 2 is 2.03 bits per heavy atom. The summed E-state index contributed by atoms with van der Waals surface area (Å²) < 4.78 is 25.1. The molecule has 0 aliphatic rings. The van der Waals surface area contributed by atoms with Crippen LogP contribution < -0.4 is 10.1 Å². The quantitative estimate of drug-likeness (QED) is 0.399. The molecule has 164 valence electrons. The Labute approximate surface area is 190 Å². The van der Waals surface area contributed by atoms with E-state index in [0.717, 1.165) is 0 Å². The summed E-state index contributed by atoms with van der Waals surface area (Å²) in [5, 5.41) is 15.7. The van der Waals surface area contributed by atoms with Crippen LogP contribution in [0.3, 0.4) is 0 Å². The van der Waals surface area contributed by atoms with E-state index in [0.29, 0.717) is 38.8 Å². The second-order valence-corrected chi connectivity index (χ2v) is 7.83. The topological polar surface area (TPSA) is 108 Å². The van der Waals surface area contributed by atoms with Crippen LogP contribution in [0.4, 0.5) is 10.1 Å². The Morgan fingerprint density at radius 3 is 2.75 bits per heavy atom. The van der Waals surface area contributed by atoms with Gasteiger partial charge in [-0.15, -0.1) is 10.2 Å². The fraction of sp³-hybridized carbons (Fsp3) is 0.150. The van der Waals surface area contributed by atoms with Crippen LogP contribution in [-0.4, -0.2) is 43.7 Å². The lowest BCUT2D eigenvalue weighted by Gasteiger charge is -2.08. The molecule has 0 aliphatic carbocycles. The Morgan fingerprint density at radius 1 is 1.25 bits per heavy atom. The zero-order chi connectivity index (χ0) is 22.7. The van der Waals surface area contributed by atoms with Crippen LogP contribution in [-0.2, 0) is 11.8 Å². The number of nitrogens with one attached hydrogen (secondary N) is 1. The number of amides is 1. The molecule has 12 heteroatoms. The maximum absolute atomic E-state index is 13.1. The van der Waals surface area contributed by atoms with Crippen LogP contribution in [0.15, 0.2) is 52.1 Å². The minimum absolute atomic E-state index is 0.0975. The lowest BCUT2D eigenvalue weighted by molar-refractivity contribution is -0.113. The van der Waals surface area contributed by atoms with E-state index in [1.165, 1.54) is 31.0 Å². The van der Waals surface area contributed by atoms with Gasteiger partial charge in [-0.3, -0.25) is 4.79 Å². The number of hydrogen-bond acceptors (Lipinski definition) is 8. The van der Waals surface area contributed by atoms with Crippen molar-refractivity contribution in [2.24, 2.45) is 7.05 Å².